The summed E-state index contributed by atoms with van der Waals surface area (Å²) in [5.41, 5.74) is 1.92. The molecule has 0 spiro atoms. The largest absolute Gasteiger partial charge is 0.465 e. The molecule has 120 valence electrons. The molecule has 1 unspecified atom stereocenters. The molecule has 23 heavy (non-hydrogen) atoms. The number of ether oxygens (including phenoxy) is 1. The van der Waals surface area contributed by atoms with Crippen LogP contribution in [0.1, 0.15) is 22.8 Å². The lowest BCUT2D eigenvalue weighted by Gasteiger charge is -2.24. The monoisotopic (exact) mass is 331 g/mol. The van der Waals surface area contributed by atoms with Crippen LogP contribution in [0.25, 0.3) is 0 Å². The minimum Gasteiger partial charge on any atom is -0.465 e. The molecule has 0 amide bonds. The Morgan fingerprint density at radius 2 is 1.91 bits per heavy atom. The first-order chi connectivity index (χ1) is 10.9. The van der Waals surface area contributed by atoms with Crippen molar-refractivity contribution >= 4 is 21.7 Å². The fourth-order valence-electron chi connectivity index (χ4n) is 2.92. The Morgan fingerprint density at radius 1 is 1.17 bits per heavy atom. The van der Waals surface area contributed by atoms with Gasteiger partial charge in [-0.2, -0.15) is 0 Å². The zero-order valence-electron chi connectivity index (χ0n) is 12.9. The number of carbonyl (C=O) groups excluding carboxylic acids is 1. The van der Waals surface area contributed by atoms with E-state index in [0.717, 1.165) is 5.56 Å². The van der Waals surface area contributed by atoms with E-state index < -0.39 is 16.0 Å². The van der Waals surface area contributed by atoms with E-state index in [1.165, 1.54) is 29.6 Å². The minimum atomic E-state index is -3.74. The van der Waals surface area contributed by atoms with Crippen molar-refractivity contribution in [2.24, 2.45) is 0 Å². The summed E-state index contributed by atoms with van der Waals surface area (Å²) in [5, 5.41) is 0. The normalized spacial score (nSPS) is 17.0. The summed E-state index contributed by atoms with van der Waals surface area (Å²) in [6.45, 7) is 1.88. The fourth-order valence-corrected chi connectivity index (χ4v) is 4.66. The van der Waals surface area contributed by atoms with E-state index in [1.807, 2.05) is 25.1 Å². The van der Waals surface area contributed by atoms with E-state index in [2.05, 4.69) is 4.74 Å². The third-order valence-corrected chi connectivity index (χ3v) is 5.88. The molecule has 0 aromatic heterocycles. The molecule has 1 atom stereocenters. The van der Waals surface area contributed by atoms with Crippen molar-refractivity contribution in [3.63, 3.8) is 0 Å². The van der Waals surface area contributed by atoms with Crippen LogP contribution in [0.5, 0.6) is 0 Å². The lowest BCUT2D eigenvalue weighted by Crippen LogP contribution is -2.35. The van der Waals surface area contributed by atoms with E-state index in [1.54, 1.807) is 12.1 Å². The Bertz CT molecular complexity index is 860. The third kappa shape index (κ3) is 2.59. The second-order valence-electron chi connectivity index (χ2n) is 5.50. The van der Waals surface area contributed by atoms with Crippen LogP contribution in [0.3, 0.4) is 0 Å². The van der Waals surface area contributed by atoms with Crippen LogP contribution in [0, 0.1) is 0 Å². The van der Waals surface area contributed by atoms with Crippen molar-refractivity contribution in [3.8, 4) is 0 Å². The highest BCUT2D eigenvalue weighted by Gasteiger charge is 2.36. The van der Waals surface area contributed by atoms with Crippen LogP contribution < -0.4 is 4.31 Å². The zero-order valence-corrected chi connectivity index (χ0v) is 13.7. The van der Waals surface area contributed by atoms with Gasteiger partial charge in [0.15, 0.2) is 0 Å². The molecule has 0 saturated heterocycles. The van der Waals surface area contributed by atoms with Crippen molar-refractivity contribution in [1.82, 2.24) is 0 Å². The number of esters is 1. The highest BCUT2D eigenvalue weighted by Crippen LogP contribution is 2.36. The summed E-state index contributed by atoms with van der Waals surface area (Å²) < 4.78 is 32.2. The molecular formula is C17H17NO4S. The van der Waals surface area contributed by atoms with Crippen molar-refractivity contribution in [2.45, 2.75) is 24.3 Å². The number of hydrogen-bond acceptors (Lipinski definition) is 4. The summed E-state index contributed by atoms with van der Waals surface area (Å²) in [4.78, 5) is 11.7. The van der Waals surface area contributed by atoms with E-state index >= 15 is 0 Å². The molecule has 2 aromatic rings. The molecule has 5 nitrogen and oxygen atoms in total. The number of hydrogen-bond donors (Lipinski definition) is 0. The van der Waals surface area contributed by atoms with Gasteiger partial charge in [-0.1, -0.05) is 24.3 Å². The minimum absolute atomic E-state index is 0.0870. The van der Waals surface area contributed by atoms with Gasteiger partial charge in [0.05, 0.1) is 23.3 Å². The molecule has 1 heterocycles. The number of fused-ring (bicyclic) bond motifs is 1. The highest BCUT2D eigenvalue weighted by atomic mass is 32.2. The van der Waals surface area contributed by atoms with Gasteiger partial charge in [0, 0.05) is 6.04 Å². The van der Waals surface area contributed by atoms with Crippen LogP contribution in [0.2, 0.25) is 0 Å². The summed E-state index contributed by atoms with van der Waals surface area (Å²) in [6, 6.07) is 13.2. The Morgan fingerprint density at radius 3 is 2.65 bits per heavy atom. The van der Waals surface area contributed by atoms with Crippen molar-refractivity contribution in [2.75, 3.05) is 11.4 Å². The van der Waals surface area contributed by atoms with Crippen molar-refractivity contribution in [1.29, 1.82) is 0 Å². The van der Waals surface area contributed by atoms with E-state index in [-0.39, 0.29) is 16.5 Å². The molecule has 0 N–H and O–H groups in total. The van der Waals surface area contributed by atoms with Gasteiger partial charge in [0.25, 0.3) is 10.0 Å². The lowest BCUT2D eigenvalue weighted by atomic mass is 10.1. The van der Waals surface area contributed by atoms with Gasteiger partial charge in [-0.05, 0) is 43.2 Å². The molecule has 3 rings (SSSR count). The first-order valence-electron chi connectivity index (χ1n) is 7.26. The number of carbonyl (C=O) groups is 1. The molecule has 0 fully saturated rings. The topological polar surface area (TPSA) is 63.7 Å². The summed E-state index contributed by atoms with van der Waals surface area (Å²) in [7, 11) is -2.47. The van der Waals surface area contributed by atoms with Gasteiger partial charge in [0.1, 0.15) is 0 Å². The first-order valence-corrected chi connectivity index (χ1v) is 8.70. The van der Waals surface area contributed by atoms with Gasteiger partial charge in [-0.3, -0.25) is 4.31 Å². The molecule has 6 heteroatoms. The first kappa shape index (κ1) is 15.6. The Labute approximate surface area is 135 Å². The second kappa shape index (κ2) is 5.70. The van der Waals surface area contributed by atoms with Crippen LogP contribution in [-0.2, 0) is 21.2 Å². The van der Waals surface area contributed by atoms with Gasteiger partial charge >= 0.3 is 5.97 Å². The Kier molecular flexibility index (Phi) is 3.85. The Hall–Kier alpha value is -2.34. The molecule has 1 aliphatic rings. The van der Waals surface area contributed by atoms with Gasteiger partial charge in [-0.25, -0.2) is 13.2 Å². The molecule has 2 aromatic carbocycles. The fraction of sp³-hybridized carbons (Fsp3) is 0.235. The van der Waals surface area contributed by atoms with Gasteiger partial charge in [-0.15, -0.1) is 0 Å². The van der Waals surface area contributed by atoms with E-state index in [0.29, 0.717) is 12.1 Å². The summed E-state index contributed by atoms with van der Waals surface area (Å²) in [5.74, 6) is -0.558. The maximum absolute atomic E-state index is 13.0. The SMILES string of the molecule is COC(=O)c1cccc(S(=O)(=O)N2c3ccccc3CC2C)c1. The number of sulfonamides is 1. The predicted molar refractivity (Wildman–Crippen MR) is 87.1 cm³/mol. The van der Waals surface area contributed by atoms with Crippen LogP contribution in [0.4, 0.5) is 5.69 Å². The molecular weight excluding hydrogens is 314 g/mol. The number of rotatable bonds is 3. The number of anilines is 1. The molecule has 0 saturated carbocycles. The zero-order chi connectivity index (χ0) is 16.6. The summed E-state index contributed by atoms with van der Waals surface area (Å²) >= 11 is 0. The quantitative estimate of drug-likeness (QED) is 0.811. The second-order valence-corrected chi connectivity index (χ2v) is 7.32. The summed E-state index contributed by atoms with van der Waals surface area (Å²) in [6.07, 6.45) is 0.673. The average molecular weight is 331 g/mol. The van der Waals surface area contributed by atoms with Gasteiger partial charge < -0.3 is 4.74 Å². The number of benzene rings is 2. The smallest absolute Gasteiger partial charge is 0.337 e. The molecule has 1 aliphatic heterocycles. The van der Waals surface area contributed by atoms with Crippen molar-refractivity contribution in [3.05, 3.63) is 59.7 Å². The number of methoxy groups -OCH3 is 1. The maximum atomic E-state index is 13.0. The highest BCUT2D eigenvalue weighted by molar-refractivity contribution is 7.92. The number of nitrogens with zero attached hydrogens (tertiary/aromatic N) is 1. The molecule has 0 bridgehead atoms. The lowest BCUT2D eigenvalue weighted by molar-refractivity contribution is 0.0600. The van der Waals surface area contributed by atoms with Crippen LogP contribution >= 0.6 is 0 Å². The third-order valence-electron chi connectivity index (χ3n) is 3.96. The standard InChI is InChI=1S/C17H17NO4S/c1-12-10-13-6-3-4-9-16(13)18(12)23(20,21)15-8-5-7-14(11-15)17(19)22-2/h3-9,11-12H,10H2,1-2H3. The van der Waals surface area contributed by atoms with Crippen molar-refractivity contribution < 1.29 is 17.9 Å². The van der Waals surface area contributed by atoms with E-state index in [4.69, 9.17) is 0 Å². The van der Waals surface area contributed by atoms with Crippen LogP contribution in [0.15, 0.2) is 53.4 Å². The maximum Gasteiger partial charge on any atom is 0.337 e. The average Bonchev–Trinajstić information content (AvgIpc) is 2.90. The number of para-hydroxylation sites is 1. The predicted octanol–water partition coefficient (Wildman–Crippen LogP) is 2.61. The molecule has 0 aliphatic carbocycles. The van der Waals surface area contributed by atoms with Gasteiger partial charge in [0.2, 0.25) is 0 Å². The van der Waals surface area contributed by atoms with Crippen LogP contribution in [-0.4, -0.2) is 27.5 Å². The molecule has 0 radical (unpaired) electrons. The Balaban J connectivity index is 2.08. The van der Waals surface area contributed by atoms with E-state index in [9.17, 15) is 13.2 Å².